The fraction of sp³-hybridized carbons (Fsp3) is 0.435. The Labute approximate surface area is 190 Å². The number of carbonyl (C=O) groups excluding carboxylic acids is 1. The fourth-order valence-corrected chi connectivity index (χ4v) is 6.36. The van der Waals surface area contributed by atoms with Crippen molar-refractivity contribution in [2.75, 3.05) is 18.0 Å². The Morgan fingerprint density at radius 3 is 2.24 bits per heavy atom. The molecule has 33 heavy (non-hydrogen) atoms. The Morgan fingerprint density at radius 1 is 1.06 bits per heavy atom. The molecule has 2 aromatic rings. The molecule has 2 saturated heterocycles. The van der Waals surface area contributed by atoms with Gasteiger partial charge in [-0.25, -0.2) is 8.42 Å². The predicted molar refractivity (Wildman–Crippen MR) is 117 cm³/mol. The van der Waals surface area contributed by atoms with Crippen LogP contribution in [0.1, 0.15) is 26.2 Å². The number of benzene rings is 2. The first-order chi connectivity index (χ1) is 15.5. The fourth-order valence-electron chi connectivity index (χ4n) is 4.48. The largest absolute Gasteiger partial charge is 0.481 e. The average Bonchev–Trinajstić information content (AvgIpc) is 3.07. The topological polar surface area (TPSA) is 75.7 Å². The molecule has 6 nitrogen and oxygen atoms in total. The average molecular weight is 483 g/mol. The maximum Gasteiger partial charge on any atom is 0.425 e. The van der Waals surface area contributed by atoms with Crippen molar-refractivity contribution in [3.8, 4) is 5.75 Å². The number of alkyl halides is 3. The molecule has 4 rings (SSSR count). The summed E-state index contributed by atoms with van der Waals surface area (Å²) in [6, 6.07) is 13.5. The summed E-state index contributed by atoms with van der Waals surface area (Å²) in [7, 11) is -3.89. The lowest BCUT2D eigenvalue weighted by atomic mass is 9.77. The van der Waals surface area contributed by atoms with Crippen LogP contribution in [0.2, 0.25) is 0 Å². The molecule has 2 fully saturated rings. The Balaban J connectivity index is 1.70. The van der Waals surface area contributed by atoms with Crippen LogP contribution in [-0.4, -0.2) is 45.1 Å². The summed E-state index contributed by atoms with van der Waals surface area (Å²) in [5.41, 5.74) is -0.482. The normalized spacial score (nSPS) is 21.9. The van der Waals surface area contributed by atoms with Gasteiger partial charge in [0.15, 0.2) is 15.9 Å². The molecular weight excluding hydrogens is 457 g/mol. The van der Waals surface area contributed by atoms with Gasteiger partial charge in [0.25, 0.3) is 0 Å². The van der Waals surface area contributed by atoms with Crippen molar-refractivity contribution in [1.82, 2.24) is 5.32 Å². The van der Waals surface area contributed by atoms with Crippen molar-refractivity contribution in [2.24, 2.45) is 5.41 Å². The standard InChI is InChI=1S/C23H25F3N2O4S/c1-16(23(24,25)26)32-18-9-7-17(8-10-18)28-20(33(30,31)19-5-3-2-4-6-19)15-22(21(28)29)11-13-27-14-12-22/h2-10,16,20,27H,11-15H2,1H3. The zero-order valence-corrected chi connectivity index (χ0v) is 18.8. The molecule has 2 atom stereocenters. The number of hydrogen-bond donors (Lipinski definition) is 1. The van der Waals surface area contributed by atoms with Gasteiger partial charge in [0.2, 0.25) is 5.91 Å². The predicted octanol–water partition coefficient (Wildman–Crippen LogP) is 3.92. The summed E-state index contributed by atoms with van der Waals surface area (Å²) in [6.07, 6.45) is -5.31. The first kappa shape index (κ1) is 23.6. The third-order valence-electron chi connectivity index (χ3n) is 6.41. The lowest BCUT2D eigenvalue weighted by Crippen LogP contribution is -2.43. The molecule has 0 aliphatic carbocycles. The van der Waals surface area contributed by atoms with Gasteiger partial charge >= 0.3 is 6.18 Å². The summed E-state index contributed by atoms with van der Waals surface area (Å²) in [6.45, 7) is 2.13. The van der Waals surface area contributed by atoms with Gasteiger partial charge < -0.3 is 10.1 Å². The van der Waals surface area contributed by atoms with Gasteiger partial charge in [0.05, 0.1) is 10.3 Å². The second kappa shape index (κ2) is 8.64. The quantitative estimate of drug-likeness (QED) is 0.699. The summed E-state index contributed by atoms with van der Waals surface area (Å²) in [5, 5.41) is 2.10. The Morgan fingerprint density at radius 2 is 1.67 bits per heavy atom. The van der Waals surface area contributed by atoms with Gasteiger partial charge in [0, 0.05) is 5.69 Å². The zero-order chi connectivity index (χ0) is 23.9. The van der Waals surface area contributed by atoms with Crippen LogP contribution >= 0.6 is 0 Å². The molecule has 2 heterocycles. The second-order valence-electron chi connectivity index (χ2n) is 8.52. The number of sulfone groups is 1. The minimum atomic E-state index is -4.51. The van der Waals surface area contributed by atoms with Crippen LogP contribution in [0, 0.1) is 5.41 Å². The smallest absolute Gasteiger partial charge is 0.425 e. The molecular formula is C23H25F3N2O4S. The number of ether oxygens (including phenoxy) is 1. The molecule has 2 aromatic carbocycles. The van der Waals surface area contributed by atoms with Crippen LogP contribution in [0.4, 0.5) is 18.9 Å². The molecule has 0 radical (unpaired) electrons. The van der Waals surface area contributed by atoms with E-state index in [9.17, 15) is 26.4 Å². The molecule has 1 amide bonds. The monoisotopic (exact) mass is 482 g/mol. The highest BCUT2D eigenvalue weighted by Gasteiger charge is 2.56. The van der Waals surface area contributed by atoms with Crippen molar-refractivity contribution in [3.63, 3.8) is 0 Å². The van der Waals surface area contributed by atoms with E-state index in [1.54, 1.807) is 18.2 Å². The first-order valence-electron chi connectivity index (χ1n) is 10.7. The number of anilines is 1. The van der Waals surface area contributed by atoms with Crippen molar-refractivity contribution < 1.29 is 31.1 Å². The number of carbonyl (C=O) groups is 1. The van der Waals surface area contributed by atoms with E-state index in [1.165, 1.54) is 41.3 Å². The number of hydrogen-bond acceptors (Lipinski definition) is 5. The van der Waals surface area contributed by atoms with Crippen LogP contribution in [0.5, 0.6) is 5.75 Å². The molecule has 2 aliphatic heterocycles. The van der Waals surface area contributed by atoms with Crippen molar-refractivity contribution in [3.05, 3.63) is 54.6 Å². The molecule has 1 N–H and O–H groups in total. The lowest BCUT2D eigenvalue weighted by Gasteiger charge is -2.31. The van der Waals surface area contributed by atoms with E-state index >= 15 is 0 Å². The molecule has 0 saturated carbocycles. The highest BCUT2D eigenvalue weighted by atomic mass is 32.2. The number of halogens is 3. The number of amides is 1. The van der Waals surface area contributed by atoms with Gasteiger partial charge in [-0.05, 0) is 75.7 Å². The van der Waals surface area contributed by atoms with Crippen LogP contribution in [0.25, 0.3) is 0 Å². The summed E-state index contributed by atoms with van der Waals surface area (Å²) < 4.78 is 70.5. The van der Waals surface area contributed by atoms with Gasteiger partial charge in [-0.3, -0.25) is 9.69 Å². The highest BCUT2D eigenvalue weighted by Crippen LogP contribution is 2.47. The van der Waals surface area contributed by atoms with Crippen molar-refractivity contribution in [1.29, 1.82) is 0 Å². The van der Waals surface area contributed by atoms with Gasteiger partial charge in [-0.1, -0.05) is 18.2 Å². The molecule has 10 heteroatoms. The summed E-state index contributed by atoms with van der Waals surface area (Å²) in [4.78, 5) is 15.0. The van der Waals surface area contributed by atoms with Crippen LogP contribution in [0.15, 0.2) is 59.5 Å². The number of nitrogens with zero attached hydrogens (tertiary/aromatic N) is 1. The van der Waals surface area contributed by atoms with Crippen LogP contribution in [-0.2, 0) is 14.6 Å². The van der Waals surface area contributed by atoms with Gasteiger partial charge in [-0.2, -0.15) is 13.2 Å². The molecule has 0 aromatic heterocycles. The highest BCUT2D eigenvalue weighted by molar-refractivity contribution is 7.92. The summed E-state index contributed by atoms with van der Waals surface area (Å²) in [5.74, 6) is -0.292. The van der Waals surface area contributed by atoms with E-state index in [0.29, 0.717) is 31.6 Å². The molecule has 178 valence electrons. The zero-order valence-electron chi connectivity index (χ0n) is 18.0. The lowest BCUT2D eigenvalue weighted by molar-refractivity contribution is -0.189. The minimum absolute atomic E-state index is 0.0192. The summed E-state index contributed by atoms with van der Waals surface area (Å²) >= 11 is 0. The number of nitrogens with one attached hydrogen (secondary N) is 1. The van der Waals surface area contributed by atoms with E-state index in [1.807, 2.05) is 0 Å². The molecule has 1 spiro atoms. The van der Waals surface area contributed by atoms with Crippen molar-refractivity contribution in [2.45, 2.75) is 48.7 Å². The van der Waals surface area contributed by atoms with E-state index < -0.39 is 32.9 Å². The second-order valence-corrected chi connectivity index (χ2v) is 10.6. The van der Waals surface area contributed by atoms with Crippen LogP contribution in [0.3, 0.4) is 0 Å². The molecule has 0 bridgehead atoms. The van der Waals surface area contributed by atoms with E-state index in [-0.39, 0.29) is 23.0 Å². The maximum atomic E-state index is 13.6. The van der Waals surface area contributed by atoms with E-state index in [0.717, 1.165) is 6.92 Å². The van der Waals surface area contributed by atoms with Crippen molar-refractivity contribution >= 4 is 21.4 Å². The number of rotatable bonds is 5. The minimum Gasteiger partial charge on any atom is -0.481 e. The maximum absolute atomic E-state index is 13.6. The molecule has 2 unspecified atom stereocenters. The number of piperidine rings is 1. The SMILES string of the molecule is CC(Oc1ccc(N2C(=O)C3(CCNCC3)CC2S(=O)(=O)c2ccccc2)cc1)C(F)(F)F. The van der Waals surface area contributed by atoms with Gasteiger partial charge in [0.1, 0.15) is 11.1 Å². The van der Waals surface area contributed by atoms with Gasteiger partial charge in [-0.15, -0.1) is 0 Å². The molecule has 2 aliphatic rings. The Bertz CT molecular complexity index is 1100. The van der Waals surface area contributed by atoms with E-state index in [4.69, 9.17) is 4.74 Å². The Hall–Kier alpha value is -2.59. The third kappa shape index (κ3) is 4.46. The third-order valence-corrected chi connectivity index (χ3v) is 8.43. The van der Waals surface area contributed by atoms with E-state index in [2.05, 4.69) is 5.32 Å². The Kier molecular flexibility index (Phi) is 6.17. The first-order valence-corrected chi connectivity index (χ1v) is 12.3. The van der Waals surface area contributed by atoms with Crippen LogP contribution < -0.4 is 15.0 Å².